The Morgan fingerprint density at radius 3 is 3.00 bits per heavy atom. The number of aryl methyl sites for hydroxylation is 1. The molecular formula is C8H13N3S. The lowest BCUT2D eigenvalue weighted by Crippen LogP contribution is -1.97. The van der Waals surface area contributed by atoms with E-state index in [-0.39, 0.29) is 0 Å². The van der Waals surface area contributed by atoms with Crippen molar-refractivity contribution in [3.63, 3.8) is 0 Å². The smallest absolute Gasteiger partial charge is 0.128 e. The van der Waals surface area contributed by atoms with Gasteiger partial charge in [-0.3, -0.25) is 4.68 Å². The molecule has 0 fully saturated rings. The van der Waals surface area contributed by atoms with Crippen LogP contribution >= 0.6 is 12.6 Å². The van der Waals surface area contributed by atoms with E-state index in [0.29, 0.717) is 5.82 Å². The molecule has 0 aliphatic carbocycles. The minimum absolute atomic E-state index is 0.699. The fourth-order valence-corrected chi connectivity index (χ4v) is 1.03. The van der Waals surface area contributed by atoms with E-state index in [4.69, 9.17) is 5.73 Å². The van der Waals surface area contributed by atoms with Crippen molar-refractivity contribution in [3.05, 3.63) is 17.8 Å². The minimum atomic E-state index is 0.699. The van der Waals surface area contributed by atoms with Crippen molar-refractivity contribution in [2.45, 2.75) is 6.42 Å². The van der Waals surface area contributed by atoms with Gasteiger partial charge in [-0.15, -0.1) is 0 Å². The average molecular weight is 183 g/mol. The average Bonchev–Trinajstić information content (AvgIpc) is 2.36. The van der Waals surface area contributed by atoms with Gasteiger partial charge < -0.3 is 5.73 Å². The Hall–Kier alpha value is -0.900. The molecule has 3 nitrogen and oxygen atoms in total. The van der Waals surface area contributed by atoms with E-state index in [1.165, 1.54) is 0 Å². The van der Waals surface area contributed by atoms with E-state index in [1.54, 1.807) is 10.9 Å². The van der Waals surface area contributed by atoms with Gasteiger partial charge >= 0.3 is 0 Å². The van der Waals surface area contributed by atoms with Gasteiger partial charge in [0.25, 0.3) is 0 Å². The number of nitrogens with zero attached hydrogens (tertiary/aromatic N) is 2. The highest BCUT2D eigenvalue weighted by molar-refractivity contribution is 7.80. The highest BCUT2D eigenvalue weighted by Crippen LogP contribution is 2.11. The predicted molar refractivity (Wildman–Crippen MR) is 55.1 cm³/mol. The Kier molecular flexibility index (Phi) is 3.22. The summed E-state index contributed by atoms with van der Waals surface area (Å²) in [4.78, 5) is 0. The monoisotopic (exact) mass is 183 g/mol. The second-order valence-corrected chi connectivity index (χ2v) is 2.97. The van der Waals surface area contributed by atoms with Gasteiger partial charge in [0.1, 0.15) is 5.82 Å². The summed E-state index contributed by atoms with van der Waals surface area (Å²) in [6, 6.07) is 0. The molecule has 1 aromatic heterocycles. The highest BCUT2D eigenvalue weighted by atomic mass is 32.1. The molecule has 0 unspecified atom stereocenters. The van der Waals surface area contributed by atoms with Crippen LogP contribution in [0.2, 0.25) is 0 Å². The second kappa shape index (κ2) is 4.21. The van der Waals surface area contributed by atoms with Crippen molar-refractivity contribution in [2.24, 2.45) is 7.05 Å². The fourth-order valence-electron chi connectivity index (χ4n) is 0.877. The molecule has 0 spiro atoms. The lowest BCUT2D eigenvalue weighted by molar-refractivity contribution is 0.779. The molecular weight excluding hydrogens is 170 g/mol. The van der Waals surface area contributed by atoms with Crippen molar-refractivity contribution in [2.75, 3.05) is 11.5 Å². The number of hydrogen-bond donors (Lipinski definition) is 2. The Morgan fingerprint density at radius 1 is 1.75 bits per heavy atom. The molecule has 0 bridgehead atoms. The molecule has 0 saturated carbocycles. The van der Waals surface area contributed by atoms with E-state index < -0.39 is 0 Å². The minimum Gasteiger partial charge on any atom is -0.383 e. The molecule has 0 aliphatic heterocycles. The van der Waals surface area contributed by atoms with Crippen molar-refractivity contribution in [1.82, 2.24) is 9.78 Å². The summed E-state index contributed by atoms with van der Waals surface area (Å²) in [5, 5.41) is 4.02. The van der Waals surface area contributed by atoms with Gasteiger partial charge in [0.05, 0.1) is 6.20 Å². The van der Waals surface area contributed by atoms with E-state index in [9.17, 15) is 0 Å². The molecule has 1 heterocycles. The number of nitrogens with two attached hydrogens (primary N) is 1. The van der Waals surface area contributed by atoms with E-state index in [0.717, 1.165) is 17.7 Å². The predicted octanol–water partition coefficient (Wildman–Crippen LogP) is 1.34. The number of anilines is 1. The van der Waals surface area contributed by atoms with E-state index in [2.05, 4.69) is 17.7 Å². The molecule has 0 aliphatic rings. The first-order valence-corrected chi connectivity index (χ1v) is 4.44. The molecule has 66 valence electrons. The third-order valence-corrected chi connectivity index (χ3v) is 1.87. The van der Waals surface area contributed by atoms with Crippen LogP contribution in [-0.4, -0.2) is 15.5 Å². The molecule has 0 aromatic carbocycles. The first-order chi connectivity index (χ1) is 5.75. The summed E-state index contributed by atoms with van der Waals surface area (Å²) in [7, 11) is 1.82. The normalized spacial score (nSPS) is 11.2. The van der Waals surface area contributed by atoms with Crippen molar-refractivity contribution in [1.29, 1.82) is 0 Å². The third-order valence-electron chi connectivity index (χ3n) is 1.61. The molecule has 1 aromatic rings. The zero-order valence-electron chi connectivity index (χ0n) is 7.07. The van der Waals surface area contributed by atoms with Crippen LogP contribution in [0.25, 0.3) is 6.08 Å². The van der Waals surface area contributed by atoms with Gasteiger partial charge in [-0.2, -0.15) is 17.7 Å². The first-order valence-electron chi connectivity index (χ1n) is 3.80. The zero-order valence-corrected chi connectivity index (χ0v) is 7.96. The van der Waals surface area contributed by atoms with Crippen molar-refractivity contribution < 1.29 is 0 Å². The van der Waals surface area contributed by atoms with Gasteiger partial charge in [0, 0.05) is 12.6 Å². The zero-order chi connectivity index (χ0) is 8.97. The van der Waals surface area contributed by atoms with Gasteiger partial charge in [0.2, 0.25) is 0 Å². The summed E-state index contributed by atoms with van der Waals surface area (Å²) >= 11 is 4.09. The van der Waals surface area contributed by atoms with Gasteiger partial charge in [0.15, 0.2) is 0 Å². The van der Waals surface area contributed by atoms with Crippen molar-refractivity contribution in [3.8, 4) is 0 Å². The summed E-state index contributed by atoms with van der Waals surface area (Å²) in [5.41, 5.74) is 6.69. The highest BCUT2D eigenvalue weighted by Gasteiger charge is 1.98. The SMILES string of the molecule is Cn1ncc(C=CCCS)c1N. The standard InChI is InChI=1S/C8H13N3S/c1-11-8(9)7(6-10-11)4-2-3-5-12/h2,4,6,12H,3,5,9H2,1H3. The third kappa shape index (κ3) is 2.04. The molecule has 12 heavy (non-hydrogen) atoms. The first kappa shape index (κ1) is 9.19. The number of thiol groups is 1. The largest absolute Gasteiger partial charge is 0.383 e. The van der Waals surface area contributed by atoms with Crippen LogP contribution < -0.4 is 5.73 Å². The maximum Gasteiger partial charge on any atom is 0.128 e. The van der Waals surface area contributed by atoms with Crippen LogP contribution in [0.4, 0.5) is 5.82 Å². The van der Waals surface area contributed by atoms with Crippen LogP contribution in [0.3, 0.4) is 0 Å². The molecule has 2 N–H and O–H groups in total. The van der Waals surface area contributed by atoms with Crippen LogP contribution in [0, 0.1) is 0 Å². The van der Waals surface area contributed by atoms with Crippen LogP contribution in [0.1, 0.15) is 12.0 Å². The Labute approximate surface area is 77.7 Å². The molecule has 1 rings (SSSR count). The number of aromatic nitrogens is 2. The maximum atomic E-state index is 5.71. The lowest BCUT2D eigenvalue weighted by Gasteiger charge is -1.93. The molecule has 0 saturated heterocycles. The number of rotatable bonds is 3. The quantitative estimate of drug-likeness (QED) is 0.694. The van der Waals surface area contributed by atoms with Gasteiger partial charge in [-0.1, -0.05) is 12.2 Å². The summed E-state index contributed by atoms with van der Waals surface area (Å²) in [5.74, 6) is 1.56. The fraction of sp³-hybridized carbons (Fsp3) is 0.375. The summed E-state index contributed by atoms with van der Waals surface area (Å²) in [6.45, 7) is 0. The number of nitrogen functional groups attached to an aromatic ring is 1. The van der Waals surface area contributed by atoms with Crippen LogP contribution in [-0.2, 0) is 7.05 Å². The summed E-state index contributed by atoms with van der Waals surface area (Å²) < 4.78 is 1.65. The molecule has 0 amide bonds. The Morgan fingerprint density at radius 2 is 2.50 bits per heavy atom. The topological polar surface area (TPSA) is 43.8 Å². The van der Waals surface area contributed by atoms with Crippen LogP contribution in [0.5, 0.6) is 0 Å². The molecule has 0 atom stereocenters. The maximum absolute atomic E-state index is 5.71. The number of hydrogen-bond acceptors (Lipinski definition) is 3. The van der Waals surface area contributed by atoms with Gasteiger partial charge in [-0.05, 0) is 12.2 Å². The van der Waals surface area contributed by atoms with Gasteiger partial charge in [-0.25, -0.2) is 0 Å². The second-order valence-electron chi connectivity index (χ2n) is 2.52. The van der Waals surface area contributed by atoms with E-state index in [1.807, 2.05) is 19.2 Å². The lowest BCUT2D eigenvalue weighted by atomic mass is 10.3. The van der Waals surface area contributed by atoms with Crippen LogP contribution in [0.15, 0.2) is 12.3 Å². The van der Waals surface area contributed by atoms with E-state index >= 15 is 0 Å². The Bertz CT molecular complexity index is 278. The molecule has 0 radical (unpaired) electrons. The molecule has 4 heteroatoms. The van der Waals surface area contributed by atoms with Crippen molar-refractivity contribution >= 4 is 24.5 Å². The summed E-state index contributed by atoms with van der Waals surface area (Å²) in [6.07, 6.45) is 6.72. The Balaban J connectivity index is 2.69. The number of allylic oxidation sites excluding steroid dienone is 1.